The number of carbonyl (C=O) groups is 1. The molecule has 0 aromatic carbocycles. The van der Waals surface area contributed by atoms with Crippen LogP contribution >= 0.6 is 0 Å². The van der Waals surface area contributed by atoms with E-state index < -0.39 is 0 Å². The first kappa shape index (κ1) is 14.3. The van der Waals surface area contributed by atoms with E-state index in [1.165, 1.54) is 32.1 Å². The van der Waals surface area contributed by atoms with Crippen molar-refractivity contribution in [3.63, 3.8) is 0 Å². The molecule has 2 heterocycles. The Kier molecular flexibility index (Phi) is 4.61. The van der Waals surface area contributed by atoms with Crippen molar-refractivity contribution in [2.45, 2.75) is 63.5 Å². The van der Waals surface area contributed by atoms with Crippen molar-refractivity contribution in [2.24, 2.45) is 5.92 Å². The molecule has 1 aliphatic carbocycles. The quantitative estimate of drug-likeness (QED) is 0.851. The molecule has 20 heavy (non-hydrogen) atoms. The molecule has 114 valence electrons. The third-order valence-corrected chi connectivity index (χ3v) is 5.52. The van der Waals surface area contributed by atoms with Crippen molar-refractivity contribution in [3.05, 3.63) is 0 Å². The zero-order valence-corrected chi connectivity index (χ0v) is 12.5. The van der Waals surface area contributed by atoms with E-state index in [0.717, 1.165) is 45.4 Å². The van der Waals surface area contributed by atoms with Gasteiger partial charge in [-0.25, -0.2) is 0 Å². The first-order valence-electron chi connectivity index (χ1n) is 8.45. The van der Waals surface area contributed by atoms with Crippen LogP contribution in [0, 0.1) is 5.92 Å². The Morgan fingerprint density at radius 3 is 2.60 bits per heavy atom. The highest BCUT2D eigenvalue weighted by Gasteiger charge is 2.36. The van der Waals surface area contributed by atoms with Crippen molar-refractivity contribution in [1.82, 2.24) is 9.80 Å². The Balaban J connectivity index is 1.53. The molecule has 0 aromatic heterocycles. The predicted octanol–water partition coefficient (Wildman–Crippen LogP) is 1.62. The molecule has 2 aliphatic heterocycles. The fraction of sp³-hybridized carbons (Fsp3) is 0.938. The third-order valence-electron chi connectivity index (χ3n) is 5.52. The number of amides is 1. The minimum atomic E-state index is -0.0947. The van der Waals surface area contributed by atoms with Gasteiger partial charge in [-0.3, -0.25) is 9.69 Å². The molecule has 4 heteroatoms. The Morgan fingerprint density at radius 2 is 1.85 bits per heavy atom. The molecule has 1 saturated carbocycles. The van der Waals surface area contributed by atoms with E-state index in [1.807, 2.05) is 4.90 Å². The number of rotatable bonds is 4. The molecule has 3 rings (SSSR count). The van der Waals surface area contributed by atoms with E-state index in [-0.39, 0.29) is 6.10 Å². The fourth-order valence-electron chi connectivity index (χ4n) is 4.39. The zero-order valence-electron chi connectivity index (χ0n) is 12.5. The van der Waals surface area contributed by atoms with Crippen molar-refractivity contribution in [3.8, 4) is 0 Å². The lowest BCUT2D eigenvalue weighted by Crippen LogP contribution is -2.45. The highest BCUT2D eigenvalue weighted by Crippen LogP contribution is 2.34. The number of hydrogen-bond acceptors (Lipinski definition) is 3. The second-order valence-corrected chi connectivity index (χ2v) is 6.75. The summed E-state index contributed by atoms with van der Waals surface area (Å²) < 4.78 is 0. The minimum Gasteiger partial charge on any atom is -0.393 e. The van der Waals surface area contributed by atoms with Gasteiger partial charge in [-0.1, -0.05) is 12.8 Å². The number of aliphatic hydroxyl groups is 1. The van der Waals surface area contributed by atoms with Gasteiger partial charge in [0.15, 0.2) is 0 Å². The molecule has 3 aliphatic rings. The Bertz CT molecular complexity index is 347. The van der Waals surface area contributed by atoms with Crippen LogP contribution in [-0.2, 0) is 4.79 Å². The standard InChI is InChI=1S/C16H28N2O2/c19-15-7-2-1-5-13(15)14-6-3-9-17(14)11-12-18-10-4-8-16(18)20/h13-15,19H,1-12H2/t13-,14-,15-/m1/s1. The lowest BCUT2D eigenvalue weighted by Gasteiger charge is -2.37. The predicted molar refractivity (Wildman–Crippen MR) is 78.4 cm³/mol. The summed E-state index contributed by atoms with van der Waals surface area (Å²) in [7, 11) is 0. The number of aliphatic hydroxyl groups excluding tert-OH is 1. The smallest absolute Gasteiger partial charge is 0.222 e. The van der Waals surface area contributed by atoms with Gasteiger partial charge < -0.3 is 10.0 Å². The normalized spacial score (nSPS) is 36.0. The fourth-order valence-corrected chi connectivity index (χ4v) is 4.39. The van der Waals surface area contributed by atoms with Crippen molar-refractivity contribution in [1.29, 1.82) is 0 Å². The molecule has 2 saturated heterocycles. The van der Waals surface area contributed by atoms with Crippen LogP contribution in [0.2, 0.25) is 0 Å². The summed E-state index contributed by atoms with van der Waals surface area (Å²) in [6, 6.07) is 0.558. The maximum Gasteiger partial charge on any atom is 0.222 e. The van der Waals surface area contributed by atoms with Gasteiger partial charge in [0.05, 0.1) is 6.10 Å². The van der Waals surface area contributed by atoms with Crippen molar-refractivity contribution < 1.29 is 9.90 Å². The van der Waals surface area contributed by atoms with Gasteiger partial charge in [-0.2, -0.15) is 0 Å². The maximum absolute atomic E-state index is 11.7. The third kappa shape index (κ3) is 3.01. The highest BCUT2D eigenvalue weighted by molar-refractivity contribution is 5.78. The van der Waals surface area contributed by atoms with Crippen LogP contribution in [0.5, 0.6) is 0 Å². The Morgan fingerprint density at radius 1 is 1.00 bits per heavy atom. The number of nitrogens with zero attached hydrogens (tertiary/aromatic N) is 2. The van der Waals surface area contributed by atoms with Gasteiger partial charge in [-0.05, 0) is 38.6 Å². The van der Waals surface area contributed by atoms with Gasteiger partial charge in [-0.15, -0.1) is 0 Å². The first-order valence-corrected chi connectivity index (χ1v) is 8.45. The monoisotopic (exact) mass is 280 g/mol. The molecule has 0 unspecified atom stereocenters. The largest absolute Gasteiger partial charge is 0.393 e. The second kappa shape index (κ2) is 6.44. The Hall–Kier alpha value is -0.610. The average Bonchev–Trinajstić information content (AvgIpc) is 3.06. The summed E-state index contributed by atoms with van der Waals surface area (Å²) in [5.74, 6) is 0.805. The topological polar surface area (TPSA) is 43.8 Å². The van der Waals surface area contributed by atoms with Gasteiger partial charge in [0, 0.05) is 38.0 Å². The van der Waals surface area contributed by atoms with Crippen LogP contribution < -0.4 is 0 Å². The molecular weight excluding hydrogens is 252 g/mol. The van der Waals surface area contributed by atoms with Crippen LogP contribution in [0.3, 0.4) is 0 Å². The van der Waals surface area contributed by atoms with Crippen LogP contribution in [0.4, 0.5) is 0 Å². The van der Waals surface area contributed by atoms with Crippen LogP contribution in [0.25, 0.3) is 0 Å². The second-order valence-electron chi connectivity index (χ2n) is 6.75. The summed E-state index contributed by atoms with van der Waals surface area (Å²) >= 11 is 0. The zero-order chi connectivity index (χ0) is 13.9. The lowest BCUT2D eigenvalue weighted by atomic mass is 9.80. The SMILES string of the molecule is O=C1CCCN1CCN1CCC[C@@H]1[C@H]1CCCC[C@H]1O. The van der Waals surface area contributed by atoms with Crippen LogP contribution in [0.15, 0.2) is 0 Å². The first-order chi connectivity index (χ1) is 9.75. The summed E-state index contributed by atoms with van der Waals surface area (Å²) in [5.41, 5.74) is 0. The molecule has 0 radical (unpaired) electrons. The highest BCUT2D eigenvalue weighted by atomic mass is 16.3. The van der Waals surface area contributed by atoms with Gasteiger partial charge in [0.2, 0.25) is 5.91 Å². The van der Waals surface area contributed by atoms with E-state index in [2.05, 4.69) is 4.90 Å². The van der Waals surface area contributed by atoms with Crippen LogP contribution in [-0.4, -0.2) is 59.1 Å². The molecule has 3 atom stereocenters. The van der Waals surface area contributed by atoms with Crippen molar-refractivity contribution in [2.75, 3.05) is 26.2 Å². The molecule has 0 spiro atoms. The molecular formula is C16H28N2O2. The van der Waals surface area contributed by atoms with E-state index in [9.17, 15) is 9.90 Å². The van der Waals surface area contributed by atoms with E-state index in [0.29, 0.717) is 17.9 Å². The molecule has 0 bridgehead atoms. The van der Waals surface area contributed by atoms with E-state index in [1.54, 1.807) is 0 Å². The van der Waals surface area contributed by atoms with Crippen LogP contribution in [0.1, 0.15) is 51.4 Å². The van der Waals surface area contributed by atoms with E-state index in [4.69, 9.17) is 0 Å². The number of hydrogen-bond donors (Lipinski definition) is 1. The maximum atomic E-state index is 11.7. The summed E-state index contributed by atoms with van der Waals surface area (Å²) in [5, 5.41) is 10.3. The minimum absolute atomic E-state index is 0.0947. The average molecular weight is 280 g/mol. The van der Waals surface area contributed by atoms with E-state index >= 15 is 0 Å². The molecule has 4 nitrogen and oxygen atoms in total. The van der Waals surface area contributed by atoms with Gasteiger partial charge in [0.1, 0.15) is 0 Å². The Labute approximate surface area is 122 Å². The summed E-state index contributed by atoms with van der Waals surface area (Å²) in [6.45, 7) is 3.98. The van der Waals surface area contributed by atoms with Gasteiger partial charge >= 0.3 is 0 Å². The number of likely N-dealkylation sites (tertiary alicyclic amines) is 2. The molecule has 3 fully saturated rings. The summed E-state index contributed by atoms with van der Waals surface area (Å²) in [4.78, 5) is 16.2. The molecule has 0 aromatic rings. The molecule has 1 amide bonds. The lowest BCUT2D eigenvalue weighted by molar-refractivity contribution is -0.128. The number of carbonyl (C=O) groups excluding carboxylic acids is 1. The summed E-state index contributed by atoms with van der Waals surface area (Å²) in [6.07, 6.45) is 8.79. The molecule has 1 N–H and O–H groups in total. The van der Waals surface area contributed by atoms with Gasteiger partial charge in [0.25, 0.3) is 0 Å². The van der Waals surface area contributed by atoms with Crippen molar-refractivity contribution >= 4 is 5.91 Å².